The Balaban J connectivity index is 1.57. The summed E-state index contributed by atoms with van der Waals surface area (Å²) < 4.78 is 5.32. The van der Waals surface area contributed by atoms with E-state index < -0.39 is 0 Å². The second-order valence-electron chi connectivity index (χ2n) is 6.33. The molecule has 1 aromatic carbocycles. The minimum Gasteiger partial charge on any atom is -0.338 e. The molecule has 1 fully saturated rings. The zero-order valence-electron chi connectivity index (χ0n) is 14.3. The number of hydrogen-bond donors (Lipinski definition) is 0. The van der Waals surface area contributed by atoms with Crippen LogP contribution in [0.1, 0.15) is 42.2 Å². The van der Waals surface area contributed by atoms with E-state index in [1.165, 1.54) is 5.56 Å². The monoisotopic (exact) mass is 325 g/mol. The van der Waals surface area contributed by atoms with Gasteiger partial charge in [-0.05, 0) is 44.5 Å². The molecule has 3 rings (SSSR count). The van der Waals surface area contributed by atoms with E-state index in [2.05, 4.69) is 32.9 Å². The molecule has 1 saturated heterocycles. The number of hydrogen-bond acceptors (Lipinski definition) is 6. The molecule has 6 heteroatoms. The molecule has 126 valence electrons. The molecule has 6 nitrogen and oxygen atoms in total. The Morgan fingerprint density at radius 2 is 2.00 bits per heavy atom. The summed E-state index contributed by atoms with van der Waals surface area (Å²) in [5.74, 6) is 1.39. The van der Waals surface area contributed by atoms with Crippen LogP contribution in [-0.2, 0) is 6.54 Å². The maximum atomic E-state index is 8.88. The standard InChI is InChI=1S/C18H23N5O/c1-14(18-20-15(2)21-24-18)23-9-3-8-22(10-11-23)13-17-6-4-16(12-19)5-7-17/h4-7,14H,3,8-11,13H2,1-2H3. The summed E-state index contributed by atoms with van der Waals surface area (Å²) in [5, 5.41) is 12.8. The zero-order valence-corrected chi connectivity index (χ0v) is 14.3. The molecule has 0 bridgehead atoms. The minimum atomic E-state index is 0.154. The third-order valence-electron chi connectivity index (χ3n) is 4.56. The highest BCUT2D eigenvalue weighted by Crippen LogP contribution is 2.20. The molecule has 0 aliphatic carbocycles. The Kier molecular flexibility index (Phi) is 5.24. The smallest absolute Gasteiger partial charge is 0.243 e. The summed E-state index contributed by atoms with van der Waals surface area (Å²) in [6.45, 7) is 9.01. The number of rotatable bonds is 4. The molecule has 1 aromatic heterocycles. The van der Waals surface area contributed by atoms with E-state index in [-0.39, 0.29) is 6.04 Å². The fraction of sp³-hybridized carbons (Fsp3) is 0.500. The molecule has 2 aromatic rings. The van der Waals surface area contributed by atoms with Crippen LogP contribution in [0.15, 0.2) is 28.8 Å². The average molecular weight is 325 g/mol. The van der Waals surface area contributed by atoms with Crippen molar-refractivity contribution >= 4 is 0 Å². The van der Waals surface area contributed by atoms with Gasteiger partial charge < -0.3 is 4.52 Å². The van der Waals surface area contributed by atoms with Crippen LogP contribution in [-0.4, -0.2) is 46.1 Å². The lowest BCUT2D eigenvalue weighted by Gasteiger charge is -2.25. The average Bonchev–Trinajstić information content (AvgIpc) is 2.90. The first-order valence-electron chi connectivity index (χ1n) is 8.41. The summed E-state index contributed by atoms with van der Waals surface area (Å²) in [6, 6.07) is 10.2. The van der Waals surface area contributed by atoms with Gasteiger partial charge in [-0.2, -0.15) is 10.2 Å². The topological polar surface area (TPSA) is 69.2 Å². The van der Waals surface area contributed by atoms with Crippen molar-refractivity contribution in [3.8, 4) is 6.07 Å². The van der Waals surface area contributed by atoms with Crippen LogP contribution in [0.25, 0.3) is 0 Å². The molecule has 1 atom stereocenters. The normalized spacial score (nSPS) is 18.0. The van der Waals surface area contributed by atoms with E-state index in [4.69, 9.17) is 9.78 Å². The molecule has 24 heavy (non-hydrogen) atoms. The fourth-order valence-corrected chi connectivity index (χ4v) is 3.12. The van der Waals surface area contributed by atoms with E-state index in [0.717, 1.165) is 39.1 Å². The number of benzene rings is 1. The first-order chi connectivity index (χ1) is 11.7. The number of aryl methyl sites for hydroxylation is 1. The van der Waals surface area contributed by atoms with Crippen LogP contribution in [0, 0.1) is 18.3 Å². The molecule has 2 heterocycles. The minimum absolute atomic E-state index is 0.154. The Morgan fingerprint density at radius 1 is 1.21 bits per heavy atom. The Labute approximate surface area is 142 Å². The van der Waals surface area contributed by atoms with Crippen LogP contribution in [0.3, 0.4) is 0 Å². The van der Waals surface area contributed by atoms with Crippen molar-refractivity contribution in [1.29, 1.82) is 5.26 Å². The van der Waals surface area contributed by atoms with Crippen molar-refractivity contribution < 1.29 is 4.52 Å². The lowest BCUT2D eigenvalue weighted by Crippen LogP contribution is -2.32. The van der Waals surface area contributed by atoms with E-state index >= 15 is 0 Å². The van der Waals surface area contributed by atoms with Gasteiger partial charge in [0.25, 0.3) is 0 Å². The van der Waals surface area contributed by atoms with E-state index in [9.17, 15) is 0 Å². The van der Waals surface area contributed by atoms with Crippen LogP contribution < -0.4 is 0 Å². The largest absolute Gasteiger partial charge is 0.338 e. The van der Waals surface area contributed by atoms with Gasteiger partial charge in [0.15, 0.2) is 5.82 Å². The lowest BCUT2D eigenvalue weighted by molar-refractivity contribution is 0.174. The SMILES string of the molecule is Cc1noc(C(C)N2CCCN(Cc3ccc(C#N)cc3)CC2)n1. The highest BCUT2D eigenvalue weighted by molar-refractivity contribution is 5.31. The third-order valence-corrected chi connectivity index (χ3v) is 4.56. The van der Waals surface area contributed by atoms with Crippen LogP contribution in [0.5, 0.6) is 0 Å². The van der Waals surface area contributed by atoms with Crippen molar-refractivity contribution in [1.82, 2.24) is 19.9 Å². The van der Waals surface area contributed by atoms with Crippen molar-refractivity contribution in [2.45, 2.75) is 32.9 Å². The van der Waals surface area contributed by atoms with Gasteiger partial charge in [0.1, 0.15) is 0 Å². The fourth-order valence-electron chi connectivity index (χ4n) is 3.12. The van der Waals surface area contributed by atoms with Crippen molar-refractivity contribution in [2.75, 3.05) is 26.2 Å². The van der Waals surface area contributed by atoms with Gasteiger partial charge in [0, 0.05) is 26.2 Å². The molecular weight excluding hydrogens is 302 g/mol. The van der Waals surface area contributed by atoms with Gasteiger partial charge in [-0.1, -0.05) is 17.3 Å². The maximum absolute atomic E-state index is 8.88. The highest BCUT2D eigenvalue weighted by atomic mass is 16.5. The van der Waals surface area contributed by atoms with Crippen molar-refractivity contribution in [2.24, 2.45) is 0 Å². The first-order valence-corrected chi connectivity index (χ1v) is 8.41. The van der Waals surface area contributed by atoms with Crippen LogP contribution >= 0.6 is 0 Å². The van der Waals surface area contributed by atoms with Gasteiger partial charge in [0.05, 0.1) is 17.7 Å². The lowest BCUT2D eigenvalue weighted by atomic mass is 10.1. The summed E-state index contributed by atoms with van der Waals surface area (Å²) in [7, 11) is 0. The Bertz CT molecular complexity index is 703. The summed E-state index contributed by atoms with van der Waals surface area (Å²) in [6.07, 6.45) is 1.12. The predicted molar refractivity (Wildman–Crippen MR) is 90.1 cm³/mol. The summed E-state index contributed by atoms with van der Waals surface area (Å²) in [5.41, 5.74) is 1.97. The highest BCUT2D eigenvalue weighted by Gasteiger charge is 2.23. The van der Waals surface area contributed by atoms with Gasteiger partial charge in [0.2, 0.25) is 5.89 Å². The van der Waals surface area contributed by atoms with Crippen molar-refractivity contribution in [3.05, 3.63) is 47.1 Å². The third kappa shape index (κ3) is 3.99. The van der Waals surface area contributed by atoms with E-state index in [1.807, 2.05) is 31.2 Å². The zero-order chi connectivity index (χ0) is 16.9. The van der Waals surface area contributed by atoms with Crippen LogP contribution in [0.4, 0.5) is 0 Å². The molecule has 1 aliphatic rings. The van der Waals surface area contributed by atoms with Gasteiger partial charge in [-0.3, -0.25) is 9.80 Å². The molecule has 1 unspecified atom stereocenters. The van der Waals surface area contributed by atoms with Gasteiger partial charge in [-0.25, -0.2) is 0 Å². The van der Waals surface area contributed by atoms with Gasteiger partial charge >= 0.3 is 0 Å². The molecular formula is C18H23N5O. The molecule has 0 spiro atoms. The van der Waals surface area contributed by atoms with Crippen LogP contribution in [0.2, 0.25) is 0 Å². The summed E-state index contributed by atoms with van der Waals surface area (Å²) >= 11 is 0. The molecule has 0 saturated carbocycles. The second kappa shape index (κ2) is 7.56. The Morgan fingerprint density at radius 3 is 2.67 bits per heavy atom. The quantitative estimate of drug-likeness (QED) is 0.860. The number of nitrogens with zero attached hydrogens (tertiary/aromatic N) is 5. The molecule has 1 aliphatic heterocycles. The molecule has 0 amide bonds. The van der Waals surface area contributed by atoms with E-state index in [1.54, 1.807) is 0 Å². The number of nitriles is 1. The molecule has 0 N–H and O–H groups in total. The first kappa shape index (κ1) is 16.6. The second-order valence-corrected chi connectivity index (χ2v) is 6.33. The van der Waals surface area contributed by atoms with E-state index in [0.29, 0.717) is 17.3 Å². The van der Waals surface area contributed by atoms with Gasteiger partial charge in [-0.15, -0.1) is 0 Å². The Hall–Kier alpha value is -2.23. The molecule has 0 radical (unpaired) electrons. The maximum Gasteiger partial charge on any atom is 0.243 e. The predicted octanol–water partition coefficient (Wildman–Crippen LogP) is 2.52. The van der Waals surface area contributed by atoms with Crippen molar-refractivity contribution in [3.63, 3.8) is 0 Å². The number of aromatic nitrogens is 2. The summed E-state index contributed by atoms with van der Waals surface area (Å²) in [4.78, 5) is 9.23.